The molecule has 2 rings (SSSR count). The lowest BCUT2D eigenvalue weighted by atomic mass is 10.0. The molecule has 4 heteroatoms. The van der Waals surface area contributed by atoms with Gasteiger partial charge in [-0.2, -0.15) is 0 Å². The molecule has 0 fully saturated rings. The zero-order valence-corrected chi connectivity index (χ0v) is 10.9. The van der Waals surface area contributed by atoms with Crippen molar-refractivity contribution < 1.29 is 9.90 Å². The molecule has 17 heavy (non-hydrogen) atoms. The summed E-state index contributed by atoms with van der Waals surface area (Å²) in [6, 6.07) is 5.73. The third-order valence-corrected chi connectivity index (χ3v) is 3.52. The first-order valence-electron chi connectivity index (χ1n) is 5.62. The van der Waals surface area contributed by atoms with E-state index < -0.39 is 5.97 Å². The van der Waals surface area contributed by atoms with Crippen molar-refractivity contribution in [2.24, 2.45) is 0 Å². The lowest BCUT2D eigenvalue weighted by Crippen LogP contribution is -2.21. The summed E-state index contributed by atoms with van der Waals surface area (Å²) in [5, 5.41) is 12.5. The van der Waals surface area contributed by atoms with Crippen molar-refractivity contribution in [3.05, 3.63) is 40.4 Å². The van der Waals surface area contributed by atoms with Gasteiger partial charge in [-0.15, -0.1) is 0 Å². The minimum Gasteiger partial charge on any atom is -0.478 e. The van der Waals surface area contributed by atoms with Gasteiger partial charge < -0.3 is 10.4 Å². The van der Waals surface area contributed by atoms with Gasteiger partial charge in [-0.3, -0.25) is 0 Å². The molecule has 0 aromatic heterocycles. The summed E-state index contributed by atoms with van der Waals surface area (Å²) in [6.07, 6.45) is 7.35. The SMILES string of the molecule is O=C(O)c1c(Br)cccc1NC1CC=CCC1. The average Bonchev–Trinajstić information content (AvgIpc) is 2.30. The van der Waals surface area contributed by atoms with Crippen molar-refractivity contribution in [2.75, 3.05) is 5.32 Å². The fourth-order valence-electron chi connectivity index (χ4n) is 2.01. The number of carbonyl (C=O) groups is 1. The van der Waals surface area contributed by atoms with Gasteiger partial charge in [-0.05, 0) is 47.3 Å². The minimum absolute atomic E-state index is 0.307. The van der Waals surface area contributed by atoms with Crippen LogP contribution in [0, 0.1) is 0 Å². The Hall–Kier alpha value is -1.29. The number of carboxylic acids is 1. The highest BCUT2D eigenvalue weighted by Crippen LogP contribution is 2.27. The summed E-state index contributed by atoms with van der Waals surface area (Å²) in [5.74, 6) is -0.911. The first-order valence-corrected chi connectivity index (χ1v) is 6.41. The van der Waals surface area contributed by atoms with Crippen LogP contribution in [0.1, 0.15) is 29.6 Å². The number of allylic oxidation sites excluding steroid dienone is 1. The summed E-state index contributed by atoms with van der Waals surface area (Å²) in [7, 11) is 0. The van der Waals surface area contributed by atoms with Crippen molar-refractivity contribution in [3.63, 3.8) is 0 Å². The number of halogens is 1. The smallest absolute Gasteiger partial charge is 0.338 e. The molecule has 0 heterocycles. The highest BCUT2D eigenvalue weighted by molar-refractivity contribution is 9.10. The van der Waals surface area contributed by atoms with Gasteiger partial charge in [0.2, 0.25) is 0 Å². The normalized spacial score (nSPS) is 19.0. The molecule has 0 aliphatic heterocycles. The van der Waals surface area contributed by atoms with Gasteiger partial charge in [0.25, 0.3) is 0 Å². The van der Waals surface area contributed by atoms with Crippen LogP contribution in [-0.2, 0) is 0 Å². The van der Waals surface area contributed by atoms with E-state index in [1.54, 1.807) is 6.07 Å². The average molecular weight is 296 g/mol. The predicted molar refractivity (Wildman–Crippen MR) is 71.5 cm³/mol. The number of carboxylic acid groups (broad SMARTS) is 1. The Morgan fingerprint density at radius 1 is 1.41 bits per heavy atom. The van der Waals surface area contributed by atoms with Crippen LogP contribution in [0.5, 0.6) is 0 Å². The van der Waals surface area contributed by atoms with Crippen molar-refractivity contribution in [2.45, 2.75) is 25.3 Å². The first kappa shape index (κ1) is 12.2. The maximum atomic E-state index is 11.2. The number of benzene rings is 1. The topological polar surface area (TPSA) is 49.3 Å². The number of hydrogen-bond donors (Lipinski definition) is 2. The van der Waals surface area contributed by atoms with Gasteiger partial charge in [0.05, 0.1) is 11.3 Å². The first-order chi connectivity index (χ1) is 8.18. The van der Waals surface area contributed by atoms with Gasteiger partial charge in [-0.25, -0.2) is 4.79 Å². The molecule has 90 valence electrons. The molecule has 1 aromatic rings. The molecule has 0 radical (unpaired) electrons. The third kappa shape index (κ3) is 2.88. The Morgan fingerprint density at radius 2 is 2.24 bits per heavy atom. The van der Waals surface area contributed by atoms with Crippen LogP contribution < -0.4 is 5.32 Å². The highest BCUT2D eigenvalue weighted by Gasteiger charge is 2.17. The van der Waals surface area contributed by atoms with E-state index in [-0.39, 0.29) is 0 Å². The summed E-state index contributed by atoms with van der Waals surface area (Å²) < 4.78 is 0.612. The van der Waals surface area contributed by atoms with Crippen LogP contribution in [0.4, 0.5) is 5.69 Å². The summed E-state index contributed by atoms with van der Waals surface area (Å²) >= 11 is 3.28. The van der Waals surface area contributed by atoms with Crippen molar-refractivity contribution in [1.82, 2.24) is 0 Å². The number of anilines is 1. The monoisotopic (exact) mass is 295 g/mol. The Labute approximate surface area is 109 Å². The van der Waals surface area contributed by atoms with Gasteiger partial charge in [0, 0.05) is 10.5 Å². The highest BCUT2D eigenvalue weighted by atomic mass is 79.9. The standard InChI is InChI=1S/C13H14BrNO2/c14-10-7-4-8-11(12(10)13(16)17)15-9-5-2-1-3-6-9/h1-2,4,7-9,15H,3,5-6H2,(H,16,17). The van der Waals surface area contributed by atoms with Crippen LogP contribution in [0.15, 0.2) is 34.8 Å². The van der Waals surface area contributed by atoms with Gasteiger partial charge >= 0.3 is 5.97 Å². The van der Waals surface area contributed by atoms with Crippen LogP contribution in [0.25, 0.3) is 0 Å². The Bertz CT molecular complexity index is 457. The van der Waals surface area contributed by atoms with Crippen molar-refractivity contribution in [3.8, 4) is 0 Å². The maximum Gasteiger partial charge on any atom is 0.338 e. The van der Waals surface area contributed by atoms with Gasteiger partial charge in [0.15, 0.2) is 0 Å². The fourth-order valence-corrected chi connectivity index (χ4v) is 2.54. The van der Waals surface area contributed by atoms with E-state index in [1.807, 2.05) is 12.1 Å². The van der Waals surface area contributed by atoms with E-state index in [2.05, 4.69) is 33.4 Å². The minimum atomic E-state index is -0.911. The molecule has 1 aliphatic carbocycles. The fraction of sp³-hybridized carbons (Fsp3) is 0.308. The van der Waals surface area contributed by atoms with Crippen LogP contribution in [-0.4, -0.2) is 17.1 Å². The molecule has 0 saturated carbocycles. The largest absolute Gasteiger partial charge is 0.478 e. The Morgan fingerprint density at radius 3 is 2.88 bits per heavy atom. The lowest BCUT2D eigenvalue weighted by molar-refractivity contribution is 0.0697. The molecular weight excluding hydrogens is 282 g/mol. The Kier molecular flexibility index (Phi) is 3.84. The zero-order chi connectivity index (χ0) is 12.3. The van der Waals surface area contributed by atoms with Crippen molar-refractivity contribution >= 4 is 27.6 Å². The third-order valence-electron chi connectivity index (χ3n) is 2.86. The van der Waals surface area contributed by atoms with Gasteiger partial charge in [0.1, 0.15) is 0 Å². The predicted octanol–water partition coefficient (Wildman–Crippen LogP) is 3.67. The number of aromatic carboxylic acids is 1. The van der Waals surface area contributed by atoms with Crippen LogP contribution in [0.2, 0.25) is 0 Å². The van der Waals surface area contributed by atoms with E-state index in [0.29, 0.717) is 21.8 Å². The van der Waals surface area contributed by atoms with Crippen molar-refractivity contribution in [1.29, 1.82) is 0 Å². The number of rotatable bonds is 3. The second-order valence-electron chi connectivity index (χ2n) is 4.09. The van der Waals surface area contributed by atoms with E-state index in [4.69, 9.17) is 0 Å². The molecule has 0 amide bonds. The summed E-state index contributed by atoms with van der Waals surface area (Å²) in [5.41, 5.74) is 0.995. The van der Waals surface area contributed by atoms with Gasteiger partial charge in [-0.1, -0.05) is 18.2 Å². The zero-order valence-electron chi connectivity index (χ0n) is 9.32. The van der Waals surface area contributed by atoms with E-state index in [1.165, 1.54) is 0 Å². The molecule has 3 nitrogen and oxygen atoms in total. The molecule has 1 aromatic carbocycles. The van der Waals surface area contributed by atoms with Crippen LogP contribution >= 0.6 is 15.9 Å². The number of hydrogen-bond acceptors (Lipinski definition) is 2. The Balaban J connectivity index is 2.23. The van der Waals surface area contributed by atoms with E-state index >= 15 is 0 Å². The summed E-state index contributed by atoms with van der Waals surface area (Å²) in [4.78, 5) is 11.2. The maximum absolute atomic E-state index is 11.2. The molecule has 0 spiro atoms. The molecule has 2 N–H and O–H groups in total. The van der Waals surface area contributed by atoms with E-state index in [9.17, 15) is 9.90 Å². The van der Waals surface area contributed by atoms with E-state index in [0.717, 1.165) is 19.3 Å². The molecule has 0 bridgehead atoms. The number of nitrogens with one attached hydrogen (secondary N) is 1. The quantitative estimate of drug-likeness (QED) is 0.837. The second kappa shape index (κ2) is 5.36. The molecular formula is C13H14BrNO2. The molecule has 0 saturated heterocycles. The molecule has 1 atom stereocenters. The van der Waals surface area contributed by atoms with Crippen LogP contribution in [0.3, 0.4) is 0 Å². The molecule has 1 unspecified atom stereocenters. The second-order valence-corrected chi connectivity index (χ2v) is 4.95. The lowest BCUT2D eigenvalue weighted by Gasteiger charge is -2.22. The molecule has 1 aliphatic rings. The summed E-state index contributed by atoms with van der Waals surface area (Å²) in [6.45, 7) is 0.